The van der Waals surface area contributed by atoms with Gasteiger partial charge in [0.2, 0.25) is 5.91 Å². The Hall–Kier alpha value is -3.01. The summed E-state index contributed by atoms with van der Waals surface area (Å²) >= 11 is 0. The van der Waals surface area contributed by atoms with Crippen molar-refractivity contribution in [3.8, 4) is 11.4 Å². The van der Waals surface area contributed by atoms with Gasteiger partial charge in [0, 0.05) is 38.0 Å². The van der Waals surface area contributed by atoms with Crippen molar-refractivity contribution in [2.24, 2.45) is 0 Å². The van der Waals surface area contributed by atoms with Gasteiger partial charge < -0.3 is 19.9 Å². The number of hydrogen-bond acceptors (Lipinski definition) is 8. The van der Waals surface area contributed by atoms with Gasteiger partial charge in [0.05, 0.1) is 18.6 Å². The minimum Gasteiger partial charge on any atom is -0.383 e. The lowest BCUT2D eigenvalue weighted by Gasteiger charge is -2.26. The van der Waals surface area contributed by atoms with Gasteiger partial charge in [-0.3, -0.25) is 4.79 Å². The monoisotopic (exact) mass is 385 g/mol. The highest BCUT2D eigenvalue weighted by molar-refractivity contribution is 5.97. The number of anilines is 1. The van der Waals surface area contributed by atoms with E-state index in [-0.39, 0.29) is 11.9 Å². The lowest BCUT2D eigenvalue weighted by atomic mass is 10.1. The molecule has 4 heterocycles. The molecule has 1 amide bonds. The number of hydrogen-bond donors (Lipinski definition) is 1. The van der Waals surface area contributed by atoms with Crippen LogP contribution < -0.4 is 5.73 Å². The van der Waals surface area contributed by atoms with Crippen molar-refractivity contribution in [1.29, 1.82) is 0 Å². The van der Waals surface area contributed by atoms with Gasteiger partial charge >= 0.3 is 0 Å². The number of aryl methyl sites for hydroxylation is 1. The molecule has 2 N–H and O–H groups in total. The first kappa shape index (κ1) is 18.4. The molecule has 0 atom stereocenters. The third kappa shape index (κ3) is 3.42. The van der Waals surface area contributed by atoms with Crippen LogP contribution in [0.5, 0.6) is 0 Å². The van der Waals surface area contributed by atoms with E-state index in [1.807, 2.05) is 18.7 Å². The number of nitrogens with two attached hydrogens (primary N) is 1. The molecule has 1 fully saturated rings. The van der Waals surface area contributed by atoms with Gasteiger partial charge in [0.25, 0.3) is 0 Å². The second-order valence-electron chi connectivity index (χ2n) is 7.02. The Morgan fingerprint density at radius 1 is 1.29 bits per heavy atom. The quantitative estimate of drug-likeness (QED) is 0.699. The largest absolute Gasteiger partial charge is 0.383 e. The van der Waals surface area contributed by atoms with E-state index < -0.39 is 0 Å². The molecule has 1 aliphatic heterocycles. The van der Waals surface area contributed by atoms with Crippen LogP contribution in [-0.4, -0.2) is 62.0 Å². The summed E-state index contributed by atoms with van der Waals surface area (Å²) in [5.74, 6) is 1.06. The summed E-state index contributed by atoms with van der Waals surface area (Å²) in [5, 5.41) is 9.41. The van der Waals surface area contributed by atoms with E-state index in [0.717, 1.165) is 0 Å². The topological polar surface area (TPSA) is 125 Å². The molecule has 0 radical (unpaired) electrons. The van der Waals surface area contributed by atoms with Crippen LogP contribution in [0.4, 0.5) is 5.82 Å². The molecule has 1 aliphatic rings. The Balaban J connectivity index is 1.55. The Morgan fingerprint density at radius 3 is 2.82 bits per heavy atom. The molecule has 1 saturated heterocycles. The maximum atomic E-state index is 12.3. The number of amides is 1. The fourth-order valence-electron chi connectivity index (χ4n) is 3.28. The summed E-state index contributed by atoms with van der Waals surface area (Å²) in [6.07, 6.45) is 2.26. The fraction of sp³-hybridized carbons (Fsp3) is 0.500. The molecular formula is C18H23N7O3. The first-order chi connectivity index (χ1) is 13.5. The van der Waals surface area contributed by atoms with Crippen LogP contribution in [0.25, 0.3) is 22.4 Å². The second-order valence-corrected chi connectivity index (χ2v) is 7.02. The minimum atomic E-state index is 0.0911. The predicted molar refractivity (Wildman–Crippen MR) is 101 cm³/mol. The molecule has 3 aromatic rings. The highest BCUT2D eigenvalue weighted by atomic mass is 16.5. The van der Waals surface area contributed by atoms with Crippen molar-refractivity contribution >= 4 is 22.8 Å². The van der Waals surface area contributed by atoms with Gasteiger partial charge in [-0.1, -0.05) is 5.16 Å². The third-order valence-corrected chi connectivity index (χ3v) is 4.76. The number of nitrogens with zero attached hydrogens (tertiary/aromatic N) is 6. The molecule has 0 saturated carbocycles. The summed E-state index contributed by atoms with van der Waals surface area (Å²) in [6, 6.07) is 1.90. The number of carbonyl (C=O) groups excluding carboxylic acids is 1. The molecule has 10 heteroatoms. The summed E-state index contributed by atoms with van der Waals surface area (Å²) in [6.45, 7) is 6.48. The summed E-state index contributed by atoms with van der Waals surface area (Å²) < 4.78 is 12.5. The van der Waals surface area contributed by atoms with Crippen LogP contribution in [0, 0.1) is 0 Å². The van der Waals surface area contributed by atoms with Crippen LogP contribution in [0.2, 0.25) is 0 Å². The van der Waals surface area contributed by atoms with Crippen molar-refractivity contribution in [2.75, 3.05) is 32.0 Å². The van der Waals surface area contributed by atoms with E-state index in [9.17, 15) is 4.79 Å². The smallest absolute Gasteiger partial charge is 0.223 e. The average molecular weight is 385 g/mol. The van der Waals surface area contributed by atoms with Crippen LogP contribution in [0.3, 0.4) is 0 Å². The van der Waals surface area contributed by atoms with E-state index in [0.29, 0.717) is 73.1 Å². The standard InChI is InChI=1S/C18H23N7O3/c1-11(2)25-18-15(17(19)20-10-21-18)16(22-25)13-9-12(28-23-13)3-4-14(26)24-5-7-27-8-6-24/h9-11H,3-8H2,1-2H3,(H2,19,20,21). The predicted octanol–water partition coefficient (Wildman–Crippen LogP) is 1.44. The molecule has 0 bridgehead atoms. The molecule has 148 valence electrons. The Bertz CT molecular complexity index is 988. The van der Waals surface area contributed by atoms with E-state index in [4.69, 9.17) is 15.0 Å². The van der Waals surface area contributed by atoms with Crippen molar-refractivity contribution in [3.63, 3.8) is 0 Å². The van der Waals surface area contributed by atoms with E-state index in [1.165, 1.54) is 6.33 Å². The number of rotatable bonds is 5. The van der Waals surface area contributed by atoms with Crippen LogP contribution in [0.15, 0.2) is 16.9 Å². The fourth-order valence-corrected chi connectivity index (χ4v) is 3.28. The molecule has 0 aliphatic carbocycles. The number of morpholine rings is 1. The van der Waals surface area contributed by atoms with Crippen molar-refractivity contribution in [2.45, 2.75) is 32.7 Å². The van der Waals surface area contributed by atoms with E-state index >= 15 is 0 Å². The van der Waals surface area contributed by atoms with Gasteiger partial charge in [-0.15, -0.1) is 0 Å². The third-order valence-electron chi connectivity index (χ3n) is 4.76. The maximum Gasteiger partial charge on any atom is 0.223 e. The Labute approximate surface area is 161 Å². The van der Waals surface area contributed by atoms with Crippen molar-refractivity contribution in [3.05, 3.63) is 18.2 Å². The molecule has 3 aromatic heterocycles. The molecule has 0 spiro atoms. The van der Waals surface area contributed by atoms with Crippen molar-refractivity contribution in [1.82, 2.24) is 29.8 Å². The molecule has 10 nitrogen and oxygen atoms in total. The zero-order valence-electron chi connectivity index (χ0n) is 16.0. The lowest BCUT2D eigenvalue weighted by molar-refractivity contribution is -0.135. The SMILES string of the molecule is CC(C)n1nc(-c2cc(CCC(=O)N3CCOCC3)on2)c2c(N)ncnc21. The van der Waals surface area contributed by atoms with Crippen LogP contribution in [0.1, 0.15) is 32.1 Å². The van der Waals surface area contributed by atoms with Crippen molar-refractivity contribution < 1.29 is 14.1 Å². The summed E-state index contributed by atoms with van der Waals surface area (Å²) in [5.41, 5.74) is 7.86. The maximum absolute atomic E-state index is 12.3. The molecule has 0 unspecified atom stereocenters. The zero-order valence-corrected chi connectivity index (χ0v) is 16.0. The molecule has 4 rings (SSSR count). The van der Waals surface area contributed by atoms with Crippen LogP contribution >= 0.6 is 0 Å². The summed E-state index contributed by atoms with van der Waals surface area (Å²) in [7, 11) is 0. The number of nitrogen functional groups attached to an aromatic ring is 1. The van der Waals surface area contributed by atoms with Gasteiger partial charge in [0.15, 0.2) is 5.65 Å². The van der Waals surface area contributed by atoms with Gasteiger partial charge in [-0.2, -0.15) is 5.10 Å². The first-order valence-electron chi connectivity index (χ1n) is 9.34. The minimum absolute atomic E-state index is 0.0911. The lowest BCUT2D eigenvalue weighted by Crippen LogP contribution is -2.40. The normalized spacial score (nSPS) is 14.9. The molecular weight excluding hydrogens is 362 g/mol. The Morgan fingerprint density at radius 2 is 2.07 bits per heavy atom. The number of aromatic nitrogens is 5. The second kappa shape index (κ2) is 7.55. The highest BCUT2D eigenvalue weighted by Gasteiger charge is 2.22. The molecule has 28 heavy (non-hydrogen) atoms. The average Bonchev–Trinajstić information content (AvgIpc) is 3.32. The highest BCUT2D eigenvalue weighted by Crippen LogP contribution is 2.31. The van der Waals surface area contributed by atoms with Gasteiger partial charge in [0.1, 0.15) is 29.3 Å². The summed E-state index contributed by atoms with van der Waals surface area (Å²) in [4.78, 5) is 22.5. The van der Waals surface area contributed by atoms with E-state index in [2.05, 4.69) is 20.2 Å². The van der Waals surface area contributed by atoms with Gasteiger partial charge in [-0.25, -0.2) is 14.6 Å². The number of ether oxygens (including phenoxy) is 1. The molecule has 0 aromatic carbocycles. The number of carbonyl (C=O) groups is 1. The Kier molecular flexibility index (Phi) is 4.95. The zero-order chi connectivity index (χ0) is 19.7. The van der Waals surface area contributed by atoms with E-state index in [1.54, 1.807) is 10.7 Å². The van der Waals surface area contributed by atoms with Gasteiger partial charge in [-0.05, 0) is 13.8 Å². The first-order valence-corrected chi connectivity index (χ1v) is 9.34. The van der Waals surface area contributed by atoms with Crippen LogP contribution in [-0.2, 0) is 16.0 Å². The number of fused-ring (bicyclic) bond motifs is 1.